The molecule has 1 atom stereocenters. The first kappa shape index (κ1) is 14.7. The fraction of sp³-hybridized carbons (Fsp3) is 0.571. The Bertz CT molecular complexity index is 493. The monoisotopic (exact) mass is 278 g/mol. The summed E-state index contributed by atoms with van der Waals surface area (Å²) >= 11 is 0. The van der Waals surface area contributed by atoms with Gasteiger partial charge in [-0.1, -0.05) is 0 Å². The van der Waals surface area contributed by atoms with E-state index in [1.54, 1.807) is 29.9 Å². The topological polar surface area (TPSA) is 80.4 Å². The number of nitrogens with one attached hydrogen (secondary N) is 1. The van der Waals surface area contributed by atoms with E-state index >= 15 is 0 Å². The normalized spacial score (nSPS) is 16.2. The smallest absolute Gasteiger partial charge is 0.274 e. The molecule has 2 rings (SSSR count). The van der Waals surface area contributed by atoms with Gasteiger partial charge >= 0.3 is 0 Å². The van der Waals surface area contributed by atoms with E-state index in [4.69, 9.17) is 5.73 Å². The van der Waals surface area contributed by atoms with Gasteiger partial charge in [0.1, 0.15) is 5.69 Å². The summed E-state index contributed by atoms with van der Waals surface area (Å²) in [6, 6.07) is 3.67. The van der Waals surface area contributed by atoms with Gasteiger partial charge in [0, 0.05) is 25.8 Å². The van der Waals surface area contributed by atoms with Crippen molar-refractivity contribution in [1.29, 1.82) is 0 Å². The Morgan fingerprint density at radius 1 is 1.55 bits per heavy atom. The number of likely N-dealkylation sites (N-methyl/N-ethyl adjacent to an activating group) is 1. The van der Waals surface area contributed by atoms with E-state index < -0.39 is 0 Å². The largest absolute Gasteiger partial charge is 0.347 e. The quantitative estimate of drug-likeness (QED) is 0.764. The van der Waals surface area contributed by atoms with E-state index in [0.29, 0.717) is 18.2 Å². The number of nitrogens with zero attached hydrogens (tertiary/aromatic N) is 2. The zero-order chi connectivity index (χ0) is 14.7. The average Bonchev–Trinajstić information content (AvgIpc) is 3.11. The van der Waals surface area contributed by atoms with Crippen molar-refractivity contribution >= 4 is 11.8 Å². The number of aromatic nitrogens is 1. The number of carbonyl (C=O) groups is 2. The molecule has 2 amide bonds. The van der Waals surface area contributed by atoms with E-state index in [0.717, 1.165) is 0 Å². The van der Waals surface area contributed by atoms with Crippen LogP contribution in [-0.4, -0.2) is 47.5 Å². The SMILES string of the molecule is CN(CC(=O)NC(=O)c1cccn1C)C(CN)C1CC1. The third-order valence-electron chi connectivity index (χ3n) is 3.80. The molecule has 3 N–H and O–H groups in total. The van der Waals surface area contributed by atoms with Crippen LogP contribution < -0.4 is 11.1 Å². The molecule has 6 nitrogen and oxygen atoms in total. The lowest BCUT2D eigenvalue weighted by Crippen LogP contribution is -2.46. The molecular weight excluding hydrogens is 256 g/mol. The van der Waals surface area contributed by atoms with Gasteiger partial charge in [-0.25, -0.2) is 0 Å². The fourth-order valence-electron chi connectivity index (χ4n) is 2.48. The first-order valence-corrected chi connectivity index (χ1v) is 6.88. The lowest BCUT2D eigenvalue weighted by Gasteiger charge is -2.26. The number of carbonyl (C=O) groups excluding carboxylic acids is 2. The molecule has 0 radical (unpaired) electrons. The van der Waals surface area contributed by atoms with Crippen LogP contribution in [0.5, 0.6) is 0 Å². The second-order valence-electron chi connectivity index (χ2n) is 5.44. The number of amides is 2. The molecule has 0 saturated heterocycles. The van der Waals surface area contributed by atoms with Crippen molar-refractivity contribution in [2.24, 2.45) is 18.7 Å². The highest BCUT2D eigenvalue weighted by Gasteiger charge is 2.33. The van der Waals surface area contributed by atoms with Gasteiger partial charge in [0.05, 0.1) is 6.54 Å². The Kier molecular flexibility index (Phi) is 4.57. The summed E-state index contributed by atoms with van der Waals surface area (Å²) in [5, 5.41) is 2.41. The minimum absolute atomic E-state index is 0.189. The summed E-state index contributed by atoms with van der Waals surface area (Å²) < 4.78 is 1.68. The van der Waals surface area contributed by atoms with Crippen LogP contribution in [0.15, 0.2) is 18.3 Å². The predicted molar refractivity (Wildman–Crippen MR) is 76.1 cm³/mol. The minimum Gasteiger partial charge on any atom is -0.347 e. The van der Waals surface area contributed by atoms with Crippen LogP contribution >= 0.6 is 0 Å². The van der Waals surface area contributed by atoms with Crippen molar-refractivity contribution < 1.29 is 9.59 Å². The number of aryl methyl sites for hydroxylation is 1. The number of rotatable bonds is 6. The van der Waals surface area contributed by atoms with Crippen LogP contribution in [0.3, 0.4) is 0 Å². The highest BCUT2D eigenvalue weighted by Crippen LogP contribution is 2.34. The Hall–Kier alpha value is -1.66. The predicted octanol–water partition coefficient (Wildman–Crippen LogP) is -0.0494. The summed E-state index contributed by atoms with van der Waals surface area (Å²) in [7, 11) is 3.64. The van der Waals surface area contributed by atoms with Gasteiger partial charge in [-0.3, -0.25) is 19.8 Å². The van der Waals surface area contributed by atoms with Crippen molar-refractivity contribution in [2.75, 3.05) is 20.1 Å². The number of imide groups is 1. The summed E-state index contributed by atoms with van der Waals surface area (Å²) in [4.78, 5) is 25.8. The standard InChI is InChI=1S/C14H22N4O2/c1-17-7-3-4-11(17)14(20)16-13(19)9-18(2)12(8-15)10-5-6-10/h3-4,7,10,12H,5-6,8-9,15H2,1-2H3,(H,16,19,20). The number of nitrogens with two attached hydrogens (primary N) is 1. The van der Waals surface area contributed by atoms with Crippen molar-refractivity contribution in [1.82, 2.24) is 14.8 Å². The highest BCUT2D eigenvalue weighted by atomic mass is 16.2. The Morgan fingerprint density at radius 2 is 2.25 bits per heavy atom. The average molecular weight is 278 g/mol. The second kappa shape index (κ2) is 6.19. The maximum Gasteiger partial charge on any atom is 0.274 e. The molecule has 1 aromatic heterocycles. The van der Waals surface area contributed by atoms with Gasteiger partial charge in [-0.05, 0) is 37.9 Å². The van der Waals surface area contributed by atoms with Crippen LogP contribution in [0.4, 0.5) is 0 Å². The third-order valence-corrected chi connectivity index (χ3v) is 3.80. The van der Waals surface area contributed by atoms with Gasteiger partial charge in [0.2, 0.25) is 5.91 Å². The molecule has 1 saturated carbocycles. The molecule has 0 spiro atoms. The first-order valence-electron chi connectivity index (χ1n) is 6.88. The van der Waals surface area contributed by atoms with E-state index in [-0.39, 0.29) is 24.4 Å². The molecule has 110 valence electrons. The third kappa shape index (κ3) is 3.46. The van der Waals surface area contributed by atoms with Crippen LogP contribution in [0.2, 0.25) is 0 Å². The van der Waals surface area contributed by atoms with Crippen molar-refractivity contribution in [3.63, 3.8) is 0 Å². The summed E-state index contributed by atoms with van der Waals surface area (Å²) in [5.74, 6) is -0.0641. The molecule has 1 heterocycles. The molecular formula is C14H22N4O2. The van der Waals surface area contributed by atoms with Gasteiger partial charge in [0.25, 0.3) is 5.91 Å². The van der Waals surface area contributed by atoms with E-state index in [2.05, 4.69) is 5.32 Å². The second-order valence-corrected chi connectivity index (χ2v) is 5.44. The van der Waals surface area contributed by atoms with E-state index in [1.807, 2.05) is 11.9 Å². The Balaban J connectivity index is 1.86. The van der Waals surface area contributed by atoms with E-state index in [1.165, 1.54) is 12.8 Å². The minimum atomic E-state index is -0.369. The number of hydrogen-bond acceptors (Lipinski definition) is 4. The van der Waals surface area contributed by atoms with Gasteiger partial charge < -0.3 is 10.3 Å². The lowest BCUT2D eigenvalue weighted by atomic mass is 10.1. The highest BCUT2D eigenvalue weighted by molar-refractivity contribution is 6.04. The summed E-state index contributed by atoms with van der Waals surface area (Å²) in [6.07, 6.45) is 4.12. The van der Waals surface area contributed by atoms with Crippen LogP contribution in [0.25, 0.3) is 0 Å². The van der Waals surface area contributed by atoms with Crippen molar-refractivity contribution in [3.8, 4) is 0 Å². The maximum atomic E-state index is 11.9. The molecule has 0 bridgehead atoms. The molecule has 20 heavy (non-hydrogen) atoms. The molecule has 6 heteroatoms. The van der Waals surface area contributed by atoms with Crippen LogP contribution in [0, 0.1) is 5.92 Å². The lowest BCUT2D eigenvalue weighted by molar-refractivity contribution is -0.121. The Labute approximate surface area is 118 Å². The maximum absolute atomic E-state index is 11.9. The fourth-order valence-corrected chi connectivity index (χ4v) is 2.48. The van der Waals surface area contributed by atoms with Crippen LogP contribution in [-0.2, 0) is 11.8 Å². The molecule has 1 aliphatic carbocycles. The summed E-state index contributed by atoms with van der Waals surface area (Å²) in [5.41, 5.74) is 6.22. The van der Waals surface area contributed by atoms with Crippen LogP contribution in [0.1, 0.15) is 23.3 Å². The summed E-state index contributed by atoms with van der Waals surface area (Å²) in [6.45, 7) is 0.731. The van der Waals surface area contributed by atoms with E-state index in [9.17, 15) is 9.59 Å². The van der Waals surface area contributed by atoms with Crippen molar-refractivity contribution in [2.45, 2.75) is 18.9 Å². The molecule has 1 aromatic rings. The molecule has 0 aromatic carbocycles. The number of hydrogen-bond donors (Lipinski definition) is 2. The van der Waals surface area contributed by atoms with Crippen molar-refractivity contribution in [3.05, 3.63) is 24.0 Å². The Morgan fingerprint density at radius 3 is 2.75 bits per heavy atom. The van der Waals surface area contributed by atoms with Gasteiger partial charge in [-0.2, -0.15) is 0 Å². The molecule has 0 aliphatic heterocycles. The van der Waals surface area contributed by atoms with Gasteiger partial charge in [-0.15, -0.1) is 0 Å². The zero-order valence-corrected chi connectivity index (χ0v) is 12.0. The zero-order valence-electron chi connectivity index (χ0n) is 12.0. The molecule has 1 fully saturated rings. The van der Waals surface area contributed by atoms with Gasteiger partial charge in [0.15, 0.2) is 0 Å². The molecule has 1 aliphatic rings. The molecule has 1 unspecified atom stereocenters. The first-order chi connectivity index (χ1) is 9.52.